The lowest BCUT2D eigenvalue weighted by atomic mass is 10.2. The number of nitrogens with zero attached hydrogens (tertiary/aromatic N) is 4. The second kappa shape index (κ2) is 7.76. The van der Waals surface area contributed by atoms with E-state index >= 15 is 0 Å². The molecule has 1 aliphatic heterocycles. The average molecular weight is 349 g/mol. The van der Waals surface area contributed by atoms with Gasteiger partial charge in [0, 0.05) is 37.1 Å². The van der Waals surface area contributed by atoms with Gasteiger partial charge in [0.2, 0.25) is 0 Å². The standard InChI is InChI=1S/C16H23N5O2S/c1-12(2)10-20-5-3-17-14(20)9-19-16(22)21-6-7-23-13(11-21)15-18-4-8-24-15/h3-5,8,12-13H,6-7,9-11H2,1-2H3,(H,19,22). The molecule has 0 radical (unpaired) electrons. The molecular formula is C16H23N5O2S. The normalized spacial score (nSPS) is 18.1. The van der Waals surface area contributed by atoms with E-state index in [2.05, 4.69) is 33.7 Å². The van der Waals surface area contributed by atoms with Gasteiger partial charge in [0.05, 0.1) is 19.7 Å². The molecular weight excluding hydrogens is 326 g/mol. The Hall–Kier alpha value is -1.93. The zero-order valence-electron chi connectivity index (χ0n) is 14.0. The van der Waals surface area contributed by atoms with E-state index < -0.39 is 0 Å². The monoisotopic (exact) mass is 349 g/mol. The van der Waals surface area contributed by atoms with E-state index in [1.54, 1.807) is 28.6 Å². The first kappa shape index (κ1) is 16.9. The number of nitrogens with one attached hydrogen (secondary N) is 1. The summed E-state index contributed by atoms with van der Waals surface area (Å²) in [6.07, 6.45) is 5.36. The highest BCUT2D eigenvalue weighted by atomic mass is 32.1. The molecule has 1 aliphatic rings. The minimum Gasteiger partial charge on any atom is -0.367 e. The summed E-state index contributed by atoms with van der Waals surface area (Å²) < 4.78 is 7.81. The largest absolute Gasteiger partial charge is 0.367 e. The van der Waals surface area contributed by atoms with Crippen LogP contribution >= 0.6 is 11.3 Å². The van der Waals surface area contributed by atoms with Crippen LogP contribution in [0.15, 0.2) is 24.0 Å². The molecule has 2 aromatic rings. The number of hydrogen-bond donors (Lipinski definition) is 1. The fourth-order valence-electron chi connectivity index (χ4n) is 2.71. The van der Waals surface area contributed by atoms with Crippen LogP contribution in [0.3, 0.4) is 0 Å². The Bertz CT molecular complexity index is 655. The molecule has 2 amide bonds. The molecule has 0 aromatic carbocycles. The van der Waals surface area contributed by atoms with Gasteiger partial charge >= 0.3 is 6.03 Å². The van der Waals surface area contributed by atoms with Gasteiger partial charge in [0.25, 0.3) is 0 Å². The van der Waals surface area contributed by atoms with E-state index in [0.717, 1.165) is 17.4 Å². The molecule has 0 spiro atoms. The summed E-state index contributed by atoms with van der Waals surface area (Å²) in [5.41, 5.74) is 0. The van der Waals surface area contributed by atoms with Crippen LogP contribution in [-0.2, 0) is 17.8 Å². The van der Waals surface area contributed by atoms with Gasteiger partial charge in [-0.1, -0.05) is 13.8 Å². The molecule has 24 heavy (non-hydrogen) atoms. The summed E-state index contributed by atoms with van der Waals surface area (Å²) in [4.78, 5) is 22.9. The van der Waals surface area contributed by atoms with Crippen molar-refractivity contribution in [3.8, 4) is 0 Å². The highest BCUT2D eigenvalue weighted by molar-refractivity contribution is 7.09. The van der Waals surface area contributed by atoms with Crippen LogP contribution in [0.25, 0.3) is 0 Å². The second-order valence-corrected chi connectivity index (χ2v) is 7.15. The third-order valence-electron chi connectivity index (χ3n) is 3.84. The summed E-state index contributed by atoms with van der Waals surface area (Å²) >= 11 is 1.55. The molecule has 1 N–H and O–H groups in total. The summed E-state index contributed by atoms with van der Waals surface area (Å²) in [6, 6.07) is -0.0843. The number of carbonyl (C=O) groups excluding carboxylic acids is 1. The highest BCUT2D eigenvalue weighted by Crippen LogP contribution is 2.23. The number of hydrogen-bond acceptors (Lipinski definition) is 5. The van der Waals surface area contributed by atoms with Gasteiger partial charge in [0.1, 0.15) is 16.9 Å². The molecule has 3 heterocycles. The van der Waals surface area contributed by atoms with Crippen LogP contribution in [0.4, 0.5) is 4.79 Å². The first-order valence-corrected chi connectivity index (χ1v) is 9.05. The molecule has 2 aromatic heterocycles. The summed E-state index contributed by atoms with van der Waals surface area (Å²) in [5.74, 6) is 1.41. The van der Waals surface area contributed by atoms with Gasteiger partial charge in [0.15, 0.2) is 0 Å². The number of aromatic nitrogens is 3. The fourth-order valence-corrected chi connectivity index (χ4v) is 3.39. The van der Waals surface area contributed by atoms with Crippen LogP contribution < -0.4 is 5.32 Å². The zero-order valence-corrected chi connectivity index (χ0v) is 14.8. The summed E-state index contributed by atoms with van der Waals surface area (Å²) in [7, 11) is 0. The third kappa shape index (κ3) is 4.12. The number of thiazole rings is 1. The highest BCUT2D eigenvalue weighted by Gasteiger charge is 2.26. The van der Waals surface area contributed by atoms with Crippen LogP contribution in [0, 0.1) is 5.92 Å². The minimum atomic E-state index is -0.132. The number of amides is 2. The molecule has 0 saturated carbocycles. The molecule has 0 aliphatic carbocycles. The molecule has 1 atom stereocenters. The Balaban J connectivity index is 1.54. The second-order valence-electron chi connectivity index (χ2n) is 6.22. The Morgan fingerprint density at radius 1 is 1.46 bits per heavy atom. The molecule has 1 unspecified atom stereocenters. The lowest BCUT2D eigenvalue weighted by molar-refractivity contribution is -0.0155. The molecule has 1 fully saturated rings. The van der Waals surface area contributed by atoms with E-state index in [4.69, 9.17) is 4.74 Å². The molecule has 3 rings (SSSR count). The van der Waals surface area contributed by atoms with Crippen molar-refractivity contribution in [3.05, 3.63) is 34.8 Å². The maximum atomic E-state index is 12.4. The van der Waals surface area contributed by atoms with Crippen LogP contribution in [-0.4, -0.2) is 45.2 Å². The van der Waals surface area contributed by atoms with Crippen LogP contribution in [0.1, 0.15) is 30.8 Å². The topological polar surface area (TPSA) is 72.3 Å². The van der Waals surface area contributed by atoms with Crippen molar-refractivity contribution in [1.82, 2.24) is 24.8 Å². The Morgan fingerprint density at radius 3 is 3.08 bits per heavy atom. The van der Waals surface area contributed by atoms with Crippen molar-refractivity contribution in [2.24, 2.45) is 5.92 Å². The molecule has 1 saturated heterocycles. The zero-order chi connectivity index (χ0) is 16.9. The van der Waals surface area contributed by atoms with Crippen molar-refractivity contribution >= 4 is 17.4 Å². The lowest BCUT2D eigenvalue weighted by Crippen LogP contribution is -2.47. The number of carbonyl (C=O) groups is 1. The molecule has 7 nitrogen and oxygen atoms in total. The van der Waals surface area contributed by atoms with Gasteiger partial charge in [-0.15, -0.1) is 11.3 Å². The van der Waals surface area contributed by atoms with Gasteiger partial charge in [-0.3, -0.25) is 0 Å². The van der Waals surface area contributed by atoms with Gasteiger partial charge < -0.3 is 19.5 Å². The van der Waals surface area contributed by atoms with Crippen molar-refractivity contribution in [2.75, 3.05) is 19.7 Å². The van der Waals surface area contributed by atoms with Crippen molar-refractivity contribution < 1.29 is 9.53 Å². The van der Waals surface area contributed by atoms with Crippen molar-refractivity contribution in [3.63, 3.8) is 0 Å². The van der Waals surface area contributed by atoms with Gasteiger partial charge in [-0.05, 0) is 5.92 Å². The summed E-state index contributed by atoms with van der Waals surface area (Å²) in [5, 5.41) is 5.80. The van der Waals surface area contributed by atoms with Gasteiger partial charge in [-0.2, -0.15) is 0 Å². The molecule has 0 bridgehead atoms. The SMILES string of the molecule is CC(C)Cn1ccnc1CNC(=O)N1CCOC(c2nccs2)C1. The number of imidazole rings is 1. The van der Waals surface area contributed by atoms with E-state index in [0.29, 0.717) is 32.2 Å². The van der Waals surface area contributed by atoms with Crippen LogP contribution in [0.5, 0.6) is 0 Å². The first-order chi connectivity index (χ1) is 11.6. The maximum Gasteiger partial charge on any atom is 0.317 e. The molecule has 8 heteroatoms. The Morgan fingerprint density at radius 2 is 2.33 bits per heavy atom. The Kier molecular flexibility index (Phi) is 5.47. The van der Waals surface area contributed by atoms with Gasteiger partial charge in [-0.25, -0.2) is 14.8 Å². The predicted molar refractivity (Wildman–Crippen MR) is 91.7 cm³/mol. The van der Waals surface area contributed by atoms with E-state index in [1.807, 2.05) is 11.6 Å². The quantitative estimate of drug-likeness (QED) is 0.899. The van der Waals surface area contributed by atoms with E-state index in [1.165, 1.54) is 0 Å². The first-order valence-electron chi connectivity index (χ1n) is 8.17. The number of rotatable bonds is 5. The smallest absolute Gasteiger partial charge is 0.317 e. The van der Waals surface area contributed by atoms with Crippen LogP contribution in [0.2, 0.25) is 0 Å². The third-order valence-corrected chi connectivity index (χ3v) is 4.71. The van der Waals surface area contributed by atoms with Crippen molar-refractivity contribution in [2.45, 2.75) is 33.0 Å². The maximum absolute atomic E-state index is 12.4. The fraction of sp³-hybridized carbons (Fsp3) is 0.562. The Labute approximate surface area is 145 Å². The number of ether oxygens (including phenoxy) is 1. The predicted octanol–water partition coefficient (Wildman–Crippen LogP) is 2.28. The summed E-state index contributed by atoms with van der Waals surface area (Å²) in [6.45, 7) is 7.30. The van der Waals surface area contributed by atoms with E-state index in [-0.39, 0.29) is 12.1 Å². The number of urea groups is 1. The average Bonchev–Trinajstić information content (AvgIpc) is 3.24. The number of morpholine rings is 1. The van der Waals surface area contributed by atoms with E-state index in [9.17, 15) is 4.79 Å². The van der Waals surface area contributed by atoms with Crippen molar-refractivity contribution in [1.29, 1.82) is 0 Å². The lowest BCUT2D eigenvalue weighted by Gasteiger charge is -2.32. The minimum absolute atomic E-state index is 0.0843. The molecule has 130 valence electrons.